The summed E-state index contributed by atoms with van der Waals surface area (Å²) in [5.74, 6) is 0.385. The number of rotatable bonds is 7. The van der Waals surface area contributed by atoms with Crippen molar-refractivity contribution >= 4 is 28.0 Å². The molecule has 0 aromatic heterocycles. The van der Waals surface area contributed by atoms with Crippen molar-refractivity contribution in [1.82, 2.24) is 20.3 Å². The van der Waals surface area contributed by atoms with E-state index in [1.54, 1.807) is 12.1 Å². The van der Waals surface area contributed by atoms with Crippen LogP contribution < -0.4 is 66.7 Å². The van der Waals surface area contributed by atoms with Gasteiger partial charge in [-0.25, -0.2) is 22.7 Å². The van der Waals surface area contributed by atoms with Crippen molar-refractivity contribution < 1.29 is 75.6 Å². The van der Waals surface area contributed by atoms with E-state index in [-0.39, 0.29) is 69.7 Å². The number of hydrogen-bond donors (Lipinski definition) is 3. The second-order valence-corrected chi connectivity index (χ2v) is 10.8. The molecule has 1 heterocycles. The number of nitrogens with zero attached hydrogens (tertiary/aromatic N) is 1. The zero-order valence-electron chi connectivity index (χ0n) is 22.0. The van der Waals surface area contributed by atoms with Gasteiger partial charge < -0.3 is 12.1 Å². The number of hydrogen-bond acceptors (Lipinski definition) is 5. The molecule has 1 aromatic rings. The second kappa shape index (κ2) is 13.3. The number of imide groups is 1. The van der Waals surface area contributed by atoms with E-state index < -0.39 is 22.1 Å². The molecule has 0 saturated heterocycles. The molecule has 188 valence electrons. The van der Waals surface area contributed by atoms with Gasteiger partial charge in [-0.05, 0) is 74.6 Å². The summed E-state index contributed by atoms with van der Waals surface area (Å²) in [5, 5.41) is 5.49. The Morgan fingerprint density at radius 1 is 1.11 bits per heavy atom. The number of urea groups is 2. The molecule has 1 saturated carbocycles. The molecular formula is C24H35KN4O5S. The largest absolute Gasteiger partial charge is 1.00 e. The number of carbonyl (C=O) groups excluding carboxylic acids is 3. The molecule has 9 nitrogen and oxygen atoms in total. The Bertz CT molecular complexity index is 1070. The molecule has 5 amide bonds. The van der Waals surface area contributed by atoms with Crippen LogP contribution in [-0.4, -0.2) is 50.4 Å². The van der Waals surface area contributed by atoms with E-state index in [1.807, 2.05) is 13.8 Å². The Labute approximate surface area is 251 Å². The minimum absolute atomic E-state index is 0. The second-order valence-electron chi connectivity index (χ2n) is 9.17. The van der Waals surface area contributed by atoms with Gasteiger partial charge in [-0.1, -0.05) is 26.0 Å². The molecule has 1 aromatic carbocycles. The van der Waals surface area contributed by atoms with Crippen molar-refractivity contribution in [3.05, 3.63) is 41.0 Å². The van der Waals surface area contributed by atoms with Crippen molar-refractivity contribution in [2.75, 3.05) is 13.1 Å². The fourth-order valence-electron chi connectivity index (χ4n) is 4.41. The summed E-state index contributed by atoms with van der Waals surface area (Å²) < 4.78 is 27.2. The number of sulfonamides is 1. The standard InChI is InChI=1S/C24H34N4O5S.K.H/c1-4-21-17(3)15-28(22(21)29)24(31)25-14-13-18-7-11-20(12-8-18)34(32,33)27-23(30)26-19-9-5-16(2)6-10-19;;/h7-8,11-12,16,19H,4-6,9-10,13-15H2,1-3H3,(H,25,31)(H2,26,27,30);;/q;+1;-1. The number of carbonyl (C=O) groups is 3. The van der Waals surface area contributed by atoms with Crippen LogP contribution in [0.15, 0.2) is 40.3 Å². The molecule has 3 rings (SSSR count). The van der Waals surface area contributed by atoms with Gasteiger partial charge in [0.2, 0.25) is 0 Å². The van der Waals surface area contributed by atoms with Crippen LogP contribution in [0, 0.1) is 5.92 Å². The minimum Gasteiger partial charge on any atom is -1.00 e. The van der Waals surface area contributed by atoms with E-state index in [1.165, 1.54) is 17.0 Å². The van der Waals surface area contributed by atoms with Gasteiger partial charge in [0.05, 0.1) is 11.4 Å². The molecule has 0 radical (unpaired) electrons. The Balaban J connectivity index is 0.00000324. The molecule has 0 atom stereocenters. The molecule has 0 spiro atoms. The smallest absolute Gasteiger partial charge is 1.00 e. The van der Waals surface area contributed by atoms with Gasteiger partial charge in [-0.3, -0.25) is 9.69 Å². The first-order valence-electron chi connectivity index (χ1n) is 11.8. The van der Waals surface area contributed by atoms with Gasteiger partial charge in [0.1, 0.15) is 0 Å². The summed E-state index contributed by atoms with van der Waals surface area (Å²) in [6, 6.07) is 4.99. The Hall–Kier alpha value is -1.24. The fourth-order valence-corrected chi connectivity index (χ4v) is 5.33. The third-order valence-corrected chi connectivity index (χ3v) is 7.86. The zero-order chi connectivity index (χ0) is 24.9. The Morgan fingerprint density at radius 3 is 2.31 bits per heavy atom. The molecule has 2 aliphatic rings. The van der Waals surface area contributed by atoms with E-state index in [0.29, 0.717) is 37.4 Å². The molecular weight excluding hydrogens is 495 g/mol. The fraction of sp³-hybridized carbons (Fsp3) is 0.542. The Morgan fingerprint density at radius 2 is 1.74 bits per heavy atom. The van der Waals surface area contributed by atoms with Crippen LogP contribution in [-0.2, 0) is 21.2 Å². The van der Waals surface area contributed by atoms with Crippen LogP contribution in [0.1, 0.15) is 59.9 Å². The monoisotopic (exact) mass is 530 g/mol. The van der Waals surface area contributed by atoms with E-state index in [2.05, 4.69) is 22.3 Å². The van der Waals surface area contributed by atoms with Crippen LogP contribution >= 0.6 is 0 Å². The molecule has 11 heteroatoms. The third-order valence-electron chi connectivity index (χ3n) is 6.51. The first-order chi connectivity index (χ1) is 16.1. The number of benzene rings is 1. The van der Waals surface area contributed by atoms with Crippen LogP contribution in [0.2, 0.25) is 0 Å². The quantitative estimate of drug-likeness (QED) is 0.434. The average molecular weight is 531 g/mol. The predicted octanol–water partition coefficient (Wildman–Crippen LogP) is 0.191. The first-order valence-corrected chi connectivity index (χ1v) is 13.3. The van der Waals surface area contributed by atoms with E-state index in [0.717, 1.165) is 36.8 Å². The van der Waals surface area contributed by atoms with Crippen LogP contribution in [0.5, 0.6) is 0 Å². The van der Waals surface area contributed by atoms with E-state index >= 15 is 0 Å². The maximum absolute atomic E-state index is 12.5. The summed E-state index contributed by atoms with van der Waals surface area (Å²) in [4.78, 5) is 38.0. The molecule has 0 bridgehead atoms. The van der Waals surface area contributed by atoms with Crippen molar-refractivity contribution in [3.8, 4) is 0 Å². The zero-order valence-corrected chi connectivity index (χ0v) is 25.0. The third kappa shape index (κ3) is 8.12. The molecule has 0 unspecified atom stereocenters. The summed E-state index contributed by atoms with van der Waals surface area (Å²) >= 11 is 0. The molecule has 1 aliphatic carbocycles. The van der Waals surface area contributed by atoms with E-state index in [4.69, 9.17) is 0 Å². The first kappa shape index (κ1) is 30.0. The maximum atomic E-state index is 12.5. The van der Waals surface area contributed by atoms with Crippen LogP contribution in [0.25, 0.3) is 0 Å². The topological polar surface area (TPSA) is 125 Å². The van der Waals surface area contributed by atoms with Crippen LogP contribution in [0.4, 0.5) is 9.59 Å². The summed E-state index contributed by atoms with van der Waals surface area (Å²) in [7, 11) is -3.98. The van der Waals surface area contributed by atoms with Gasteiger partial charge in [-0.15, -0.1) is 0 Å². The molecule has 1 fully saturated rings. The summed E-state index contributed by atoms with van der Waals surface area (Å²) in [6.45, 7) is 6.53. The molecule has 3 N–H and O–H groups in total. The molecule has 35 heavy (non-hydrogen) atoms. The summed E-state index contributed by atoms with van der Waals surface area (Å²) in [5.41, 5.74) is 2.41. The Kier molecular flexibility index (Phi) is 11.4. The predicted molar refractivity (Wildman–Crippen MR) is 130 cm³/mol. The van der Waals surface area contributed by atoms with Crippen molar-refractivity contribution in [1.29, 1.82) is 0 Å². The average Bonchev–Trinajstić information content (AvgIpc) is 3.08. The van der Waals surface area contributed by atoms with Gasteiger partial charge in [0.15, 0.2) is 0 Å². The molecule has 1 aliphatic heterocycles. The number of amides is 5. The normalized spacial score (nSPS) is 20.3. The minimum atomic E-state index is -3.98. The maximum Gasteiger partial charge on any atom is 1.00 e. The van der Waals surface area contributed by atoms with Gasteiger partial charge in [-0.2, -0.15) is 0 Å². The van der Waals surface area contributed by atoms with Crippen molar-refractivity contribution in [3.63, 3.8) is 0 Å². The van der Waals surface area contributed by atoms with Gasteiger partial charge in [0.25, 0.3) is 15.9 Å². The van der Waals surface area contributed by atoms with Crippen molar-refractivity contribution in [2.24, 2.45) is 5.92 Å². The summed E-state index contributed by atoms with van der Waals surface area (Å²) in [6.07, 6.45) is 4.80. The van der Waals surface area contributed by atoms with E-state index in [9.17, 15) is 22.8 Å². The number of nitrogens with one attached hydrogen (secondary N) is 3. The van der Waals surface area contributed by atoms with Crippen LogP contribution in [0.3, 0.4) is 0 Å². The van der Waals surface area contributed by atoms with Gasteiger partial charge in [0, 0.05) is 18.2 Å². The van der Waals surface area contributed by atoms with Crippen molar-refractivity contribution in [2.45, 2.75) is 70.2 Å². The van der Waals surface area contributed by atoms with Gasteiger partial charge >= 0.3 is 63.4 Å². The SMILES string of the molecule is CCC1=C(C)CN(C(=O)NCCc2ccc(S(=O)(=O)NC(=O)NC3CCC(C)CC3)cc2)C1=O.[H-].[K+].